The van der Waals surface area contributed by atoms with Gasteiger partial charge in [-0.25, -0.2) is 0 Å². The average Bonchev–Trinajstić information content (AvgIpc) is 3.53. The maximum absolute atomic E-state index is 2.48. The first-order valence-electron chi connectivity index (χ1n) is 12.5. The van der Waals surface area contributed by atoms with Gasteiger partial charge >= 0.3 is 0 Å². The molecule has 3 heteroatoms. The fourth-order valence-corrected chi connectivity index (χ4v) is 6.83. The molecule has 0 radical (unpaired) electrons. The van der Waals surface area contributed by atoms with Gasteiger partial charge in [-0.1, -0.05) is 58.4 Å². The van der Waals surface area contributed by atoms with Crippen molar-refractivity contribution in [3.63, 3.8) is 0 Å². The van der Waals surface area contributed by atoms with Crippen LogP contribution in [0.3, 0.4) is 0 Å². The molecule has 4 aromatic rings. The summed E-state index contributed by atoms with van der Waals surface area (Å²) in [5.74, 6) is 0. The monoisotopic (exact) mass is 463 g/mol. The number of aromatic nitrogens is 1. The molecular weight excluding hydrogens is 426 g/mol. The first-order chi connectivity index (χ1) is 15.7. The van der Waals surface area contributed by atoms with E-state index in [1.54, 1.807) is 5.56 Å². The molecule has 0 spiro atoms. The van der Waals surface area contributed by atoms with Crippen LogP contribution in [0.1, 0.15) is 76.3 Å². The molecule has 0 fully saturated rings. The minimum Gasteiger partial charge on any atom is -0.351 e. The zero-order chi connectivity index (χ0) is 22.3. The third kappa shape index (κ3) is 5.55. The molecule has 0 aliphatic heterocycles. The van der Waals surface area contributed by atoms with Crippen molar-refractivity contribution in [1.29, 1.82) is 0 Å². The van der Waals surface area contributed by atoms with Gasteiger partial charge in [0.25, 0.3) is 0 Å². The van der Waals surface area contributed by atoms with Crippen LogP contribution >= 0.6 is 22.7 Å². The fourth-order valence-electron chi connectivity index (χ4n) is 4.52. The quantitative estimate of drug-likeness (QED) is 0.184. The van der Waals surface area contributed by atoms with Gasteiger partial charge in [0.05, 0.1) is 0 Å². The number of aryl methyl sites for hydroxylation is 3. The Labute approximate surface area is 202 Å². The number of thiophene rings is 2. The van der Waals surface area contributed by atoms with Crippen LogP contribution in [0.5, 0.6) is 0 Å². The minimum atomic E-state index is 1.20. The van der Waals surface area contributed by atoms with Crippen LogP contribution in [0.4, 0.5) is 0 Å². The van der Waals surface area contributed by atoms with Crippen LogP contribution < -0.4 is 0 Å². The largest absolute Gasteiger partial charge is 0.351 e. The molecule has 1 aromatic carbocycles. The van der Waals surface area contributed by atoms with Crippen molar-refractivity contribution in [2.75, 3.05) is 0 Å². The van der Waals surface area contributed by atoms with Gasteiger partial charge < -0.3 is 4.57 Å². The topological polar surface area (TPSA) is 4.93 Å². The van der Waals surface area contributed by atoms with Crippen molar-refractivity contribution >= 4 is 33.6 Å². The summed E-state index contributed by atoms with van der Waals surface area (Å²) in [6.07, 6.45) is 15.2. The van der Waals surface area contributed by atoms with Crippen LogP contribution in [0.15, 0.2) is 48.0 Å². The first-order valence-corrected chi connectivity index (χ1v) is 14.1. The number of benzene rings is 1. The van der Waals surface area contributed by atoms with E-state index in [4.69, 9.17) is 0 Å². The molecule has 0 aliphatic rings. The average molecular weight is 464 g/mol. The molecule has 0 aliphatic carbocycles. The highest BCUT2D eigenvalue weighted by Crippen LogP contribution is 2.42. The number of hydrogen-bond donors (Lipinski definition) is 0. The van der Waals surface area contributed by atoms with Crippen LogP contribution in [0.2, 0.25) is 0 Å². The molecule has 32 heavy (non-hydrogen) atoms. The molecule has 0 amide bonds. The summed E-state index contributed by atoms with van der Waals surface area (Å²) in [4.78, 5) is 4.39. The van der Waals surface area contributed by atoms with Crippen molar-refractivity contribution in [3.8, 4) is 20.2 Å². The van der Waals surface area contributed by atoms with Crippen LogP contribution in [-0.2, 0) is 19.9 Å². The van der Waals surface area contributed by atoms with Crippen molar-refractivity contribution in [3.05, 3.63) is 59.1 Å². The lowest BCUT2D eigenvalue weighted by Crippen LogP contribution is -1.86. The van der Waals surface area contributed by atoms with Crippen molar-refractivity contribution in [2.45, 2.75) is 78.1 Å². The van der Waals surface area contributed by atoms with Gasteiger partial charge in [-0.05, 0) is 78.1 Å². The van der Waals surface area contributed by atoms with E-state index in [2.05, 4.69) is 73.4 Å². The second-order valence-electron chi connectivity index (χ2n) is 9.11. The molecule has 170 valence electrons. The van der Waals surface area contributed by atoms with E-state index in [1.165, 1.54) is 101 Å². The summed E-state index contributed by atoms with van der Waals surface area (Å²) in [6.45, 7) is 4.58. The minimum absolute atomic E-state index is 1.20. The Hall–Kier alpha value is -1.84. The summed E-state index contributed by atoms with van der Waals surface area (Å²) >= 11 is 3.94. The van der Waals surface area contributed by atoms with E-state index >= 15 is 0 Å². The third-order valence-electron chi connectivity index (χ3n) is 6.47. The van der Waals surface area contributed by atoms with E-state index in [9.17, 15) is 0 Å². The van der Waals surface area contributed by atoms with E-state index < -0.39 is 0 Å². The van der Waals surface area contributed by atoms with E-state index in [1.807, 2.05) is 22.7 Å². The smallest absolute Gasteiger partial charge is 0.0481 e. The Morgan fingerprint density at radius 3 is 2.34 bits per heavy atom. The van der Waals surface area contributed by atoms with Gasteiger partial charge in [-0.15, -0.1) is 22.7 Å². The Bertz CT molecular complexity index is 1130. The lowest BCUT2D eigenvalue weighted by molar-refractivity contribution is 0.667. The van der Waals surface area contributed by atoms with Crippen LogP contribution in [0.25, 0.3) is 31.1 Å². The summed E-state index contributed by atoms with van der Waals surface area (Å²) in [5, 5.41) is 3.73. The zero-order valence-corrected chi connectivity index (χ0v) is 21.6. The molecular formula is C29H37NS2. The van der Waals surface area contributed by atoms with Gasteiger partial charge in [-0.3, -0.25) is 0 Å². The molecule has 0 saturated carbocycles. The number of rotatable bonds is 12. The molecule has 3 aromatic heterocycles. The van der Waals surface area contributed by atoms with Gasteiger partial charge in [0.15, 0.2) is 0 Å². The molecule has 0 atom stereocenters. The standard InChI is InChI=1S/C29H37NS2/c1-4-6-8-10-12-22-18-28(31-21-22)29-25(13-11-9-7-5-2)20-27(32-29)24-14-15-26-23(19-24)16-17-30(26)3/h14-21H,4-13H2,1-3H3. The highest BCUT2D eigenvalue weighted by atomic mass is 32.1. The van der Waals surface area contributed by atoms with Crippen molar-refractivity contribution < 1.29 is 0 Å². The normalized spacial score (nSPS) is 11.6. The van der Waals surface area contributed by atoms with Crippen molar-refractivity contribution in [1.82, 2.24) is 4.57 Å². The van der Waals surface area contributed by atoms with Gasteiger partial charge in [0.1, 0.15) is 0 Å². The van der Waals surface area contributed by atoms with Crippen molar-refractivity contribution in [2.24, 2.45) is 7.05 Å². The maximum atomic E-state index is 2.48. The predicted octanol–water partition coefficient (Wildman–Crippen LogP) is 9.88. The number of hydrogen-bond acceptors (Lipinski definition) is 2. The van der Waals surface area contributed by atoms with E-state index in [0.717, 1.165) is 0 Å². The molecule has 1 nitrogen and oxygen atoms in total. The zero-order valence-electron chi connectivity index (χ0n) is 20.0. The summed E-state index contributed by atoms with van der Waals surface area (Å²) < 4.78 is 2.20. The van der Waals surface area contributed by atoms with E-state index in [0.29, 0.717) is 0 Å². The molecule has 0 unspecified atom stereocenters. The number of nitrogens with zero attached hydrogens (tertiary/aromatic N) is 1. The fraction of sp³-hybridized carbons (Fsp3) is 0.448. The lowest BCUT2D eigenvalue weighted by atomic mass is 10.0. The Kier molecular flexibility index (Phi) is 8.26. The number of fused-ring (bicyclic) bond motifs is 1. The first kappa shape index (κ1) is 23.3. The molecule has 0 bridgehead atoms. The second kappa shape index (κ2) is 11.3. The second-order valence-corrected chi connectivity index (χ2v) is 11.1. The van der Waals surface area contributed by atoms with Crippen LogP contribution in [-0.4, -0.2) is 4.57 Å². The molecule has 4 rings (SSSR count). The summed E-state index contributed by atoms with van der Waals surface area (Å²) in [7, 11) is 2.12. The lowest BCUT2D eigenvalue weighted by Gasteiger charge is -2.02. The van der Waals surface area contributed by atoms with E-state index in [-0.39, 0.29) is 0 Å². The van der Waals surface area contributed by atoms with Crippen LogP contribution in [0, 0.1) is 0 Å². The molecule has 0 saturated heterocycles. The van der Waals surface area contributed by atoms with Gasteiger partial charge in [0, 0.05) is 38.8 Å². The summed E-state index contributed by atoms with van der Waals surface area (Å²) in [5.41, 5.74) is 5.73. The Balaban J connectivity index is 1.59. The third-order valence-corrected chi connectivity index (χ3v) is 8.86. The highest BCUT2D eigenvalue weighted by molar-refractivity contribution is 7.23. The maximum Gasteiger partial charge on any atom is 0.0481 e. The summed E-state index contributed by atoms with van der Waals surface area (Å²) in [6, 6.07) is 14.1. The Morgan fingerprint density at radius 2 is 1.56 bits per heavy atom. The van der Waals surface area contributed by atoms with Gasteiger partial charge in [-0.2, -0.15) is 0 Å². The van der Waals surface area contributed by atoms with Gasteiger partial charge in [0.2, 0.25) is 0 Å². The predicted molar refractivity (Wildman–Crippen MR) is 145 cm³/mol. The molecule has 0 N–H and O–H groups in total. The SMILES string of the molecule is CCCCCCc1csc(-c2sc(-c3ccc4c(ccn4C)c3)cc2CCCCCC)c1. The number of unbranched alkanes of at least 4 members (excludes halogenated alkanes) is 6. The Morgan fingerprint density at radius 1 is 0.781 bits per heavy atom. The highest BCUT2D eigenvalue weighted by Gasteiger charge is 2.15. The molecule has 3 heterocycles.